The van der Waals surface area contributed by atoms with Gasteiger partial charge in [0.1, 0.15) is 5.83 Å². The first-order chi connectivity index (χ1) is 10.5. The zero-order valence-corrected chi connectivity index (χ0v) is 13.4. The predicted molar refractivity (Wildman–Crippen MR) is 93.2 cm³/mol. The Morgan fingerprint density at radius 3 is 1.50 bits per heavy atom. The second kappa shape index (κ2) is 7.04. The van der Waals surface area contributed by atoms with Crippen molar-refractivity contribution in [2.75, 3.05) is 0 Å². The van der Waals surface area contributed by atoms with Gasteiger partial charge in [0.05, 0.1) is 0 Å². The van der Waals surface area contributed by atoms with Crippen molar-refractivity contribution in [3.63, 3.8) is 0 Å². The Kier molecular flexibility index (Phi) is 5.11. The van der Waals surface area contributed by atoms with Crippen molar-refractivity contribution in [2.45, 2.75) is 20.8 Å². The largest absolute Gasteiger partial charge is 0.206 e. The van der Waals surface area contributed by atoms with Crippen molar-refractivity contribution in [2.24, 2.45) is 0 Å². The summed E-state index contributed by atoms with van der Waals surface area (Å²) in [6, 6.07) is 19.3. The molecule has 0 aromatic heterocycles. The lowest BCUT2D eigenvalue weighted by Gasteiger charge is -2.15. The molecule has 0 aliphatic carbocycles. The van der Waals surface area contributed by atoms with Crippen molar-refractivity contribution in [3.05, 3.63) is 101 Å². The first kappa shape index (κ1) is 16.0. The fourth-order valence-corrected chi connectivity index (χ4v) is 2.59. The van der Waals surface area contributed by atoms with E-state index in [4.69, 9.17) is 0 Å². The highest BCUT2D eigenvalue weighted by atomic mass is 19.1. The summed E-state index contributed by atoms with van der Waals surface area (Å²) in [5.74, 6) is -0.218. The standard InChI is InChI=1S/C21H21F/c1-15(2)19(16(3)4)21(22)20(17-11-7-5-8-12-17)18-13-9-6-10-14-18/h5-14H,1H2,2-4H3. The minimum absolute atomic E-state index is 0.218. The fraction of sp³-hybridized carbons (Fsp3) is 0.143. The van der Waals surface area contributed by atoms with E-state index in [0.29, 0.717) is 11.1 Å². The van der Waals surface area contributed by atoms with E-state index in [2.05, 4.69) is 6.58 Å². The summed E-state index contributed by atoms with van der Waals surface area (Å²) in [6.45, 7) is 9.61. The molecule has 0 aliphatic heterocycles. The lowest BCUT2D eigenvalue weighted by atomic mass is 9.91. The molecule has 112 valence electrons. The Hall–Kier alpha value is -2.41. The van der Waals surface area contributed by atoms with Crippen LogP contribution in [0, 0.1) is 0 Å². The monoisotopic (exact) mass is 292 g/mol. The molecule has 2 rings (SSSR count). The SMILES string of the molecule is C=C(C)C(=C(C)C)C(F)=C(c1ccccc1)c1ccccc1. The van der Waals surface area contributed by atoms with Crippen LogP contribution in [0.2, 0.25) is 0 Å². The molecule has 0 radical (unpaired) electrons. The minimum Gasteiger partial charge on any atom is -0.206 e. The summed E-state index contributed by atoms with van der Waals surface area (Å²) in [6.07, 6.45) is 0. The van der Waals surface area contributed by atoms with Gasteiger partial charge < -0.3 is 0 Å². The number of hydrogen-bond acceptors (Lipinski definition) is 0. The fourth-order valence-electron chi connectivity index (χ4n) is 2.59. The lowest BCUT2D eigenvalue weighted by molar-refractivity contribution is 0.655. The van der Waals surface area contributed by atoms with Crippen molar-refractivity contribution in [1.82, 2.24) is 0 Å². The number of benzene rings is 2. The molecule has 0 aliphatic rings. The molecule has 0 unspecified atom stereocenters. The summed E-state index contributed by atoms with van der Waals surface area (Å²) in [4.78, 5) is 0. The topological polar surface area (TPSA) is 0 Å². The summed E-state index contributed by atoms with van der Waals surface area (Å²) in [5, 5.41) is 0. The molecule has 0 nitrogen and oxygen atoms in total. The molecular weight excluding hydrogens is 271 g/mol. The first-order valence-electron chi connectivity index (χ1n) is 7.36. The van der Waals surface area contributed by atoms with E-state index in [1.54, 1.807) is 0 Å². The van der Waals surface area contributed by atoms with Crippen LogP contribution in [-0.2, 0) is 0 Å². The molecule has 0 spiro atoms. The maximum absolute atomic E-state index is 15.4. The van der Waals surface area contributed by atoms with Crippen LogP contribution in [0.25, 0.3) is 5.57 Å². The van der Waals surface area contributed by atoms with E-state index in [1.807, 2.05) is 81.4 Å². The van der Waals surface area contributed by atoms with Crippen LogP contribution in [0.1, 0.15) is 31.9 Å². The smallest absolute Gasteiger partial charge is 0.139 e. The van der Waals surface area contributed by atoms with Crippen LogP contribution in [-0.4, -0.2) is 0 Å². The van der Waals surface area contributed by atoms with Gasteiger partial charge in [0.25, 0.3) is 0 Å². The molecular formula is C21H21F. The second-order valence-corrected chi connectivity index (χ2v) is 5.58. The van der Waals surface area contributed by atoms with Gasteiger partial charge in [-0.15, -0.1) is 0 Å². The zero-order chi connectivity index (χ0) is 16.1. The van der Waals surface area contributed by atoms with Crippen molar-refractivity contribution in [1.29, 1.82) is 0 Å². The van der Waals surface area contributed by atoms with Gasteiger partial charge in [0.2, 0.25) is 0 Å². The van der Waals surface area contributed by atoms with Crippen molar-refractivity contribution < 1.29 is 4.39 Å². The molecule has 0 heterocycles. The van der Waals surface area contributed by atoms with E-state index in [0.717, 1.165) is 22.3 Å². The van der Waals surface area contributed by atoms with E-state index in [-0.39, 0.29) is 5.83 Å². The third kappa shape index (κ3) is 3.43. The van der Waals surface area contributed by atoms with Crippen molar-refractivity contribution >= 4 is 5.57 Å². The third-order valence-electron chi connectivity index (χ3n) is 3.49. The van der Waals surface area contributed by atoms with Gasteiger partial charge >= 0.3 is 0 Å². The number of halogens is 1. The van der Waals surface area contributed by atoms with Crippen LogP contribution in [0.4, 0.5) is 4.39 Å². The lowest BCUT2D eigenvalue weighted by Crippen LogP contribution is -1.97. The maximum Gasteiger partial charge on any atom is 0.139 e. The van der Waals surface area contributed by atoms with Gasteiger partial charge in [-0.2, -0.15) is 0 Å². The van der Waals surface area contributed by atoms with Crippen molar-refractivity contribution in [3.8, 4) is 0 Å². The van der Waals surface area contributed by atoms with Gasteiger partial charge in [0, 0.05) is 11.1 Å². The van der Waals surface area contributed by atoms with Gasteiger partial charge in [0.15, 0.2) is 0 Å². The normalized spacial score (nSPS) is 10.0. The van der Waals surface area contributed by atoms with Crippen LogP contribution in [0.15, 0.2) is 89.8 Å². The molecule has 22 heavy (non-hydrogen) atoms. The molecule has 1 heteroatoms. The molecule has 0 amide bonds. The van der Waals surface area contributed by atoms with E-state index >= 15 is 4.39 Å². The molecule has 2 aromatic carbocycles. The second-order valence-electron chi connectivity index (χ2n) is 5.58. The predicted octanol–water partition coefficient (Wildman–Crippen LogP) is 6.33. The maximum atomic E-state index is 15.4. The Morgan fingerprint density at radius 1 is 0.773 bits per heavy atom. The van der Waals surface area contributed by atoms with Gasteiger partial charge in [-0.25, -0.2) is 4.39 Å². The summed E-state index contributed by atoms with van der Waals surface area (Å²) in [5.41, 5.74) is 4.61. The summed E-state index contributed by atoms with van der Waals surface area (Å²) in [7, 11) is 0. The Morgan fingerprint density at radius 2 is 1.18 bits per heavy atom. The summed E-state index contributed by atoms with van der Waals surface area (Å²) >= 11 is 0. The van der Waals surface area contributed by atoms with Gasteiger partial charge in [-0.3, -0.25) is 0 Å². The van der Waals surface area contributed by atoms with Crippen LogP contribution >= 0.6 is 0 Å². The molecule has 0 fully saturated rings. The third-order valence-corrected chi connectivity index (χ3v) is 3.49. The van der Waals surface area contributed by atoms with Gasteiger partial charge in [-0.05, 0) is 37.5 Å². The number of hydrogen-bond donors (Lipinski definition) is 0. The zero-order valence-electron chi connectivity index (χ0n) is 13.4. The molecule has 0 saturated heterocycles. The first-order valence-corrected chi connectivity index (χ1v) is 7.36. The highest BCUT2D eigenvalue weighted by Gasteiger charge is 2.17. The quantitative estimate of drug-likeness (QED) is 0.578. The Bertz CT molecular complexity index is 674. The summed E-state index contributed by atoms with van der Waals surface area (Å²) < 4.78 is 15.4. The molecule has 2 aromatic rings. The van der Waals surface area contributed by atoms with E-state index in [9.17, 15) is 0 Å². The minimum atomic E-state index is -0.218. The Labute approximate surface area is 132 Å². The van der Waals surface area contributed by atoms with Crippen LogP contribution in [0.3, 0.4) is 0 Å². The average molecular weight is 292 g/mol. The van der Waals surface area contributed by atoms with E-state index in [1.165, 1.54) is 0 Å². The highest BCUT2D eigenvalue weighted by molar-refractivity contribution is 5.84. The highest BCUT2D eigenvalue weighted by Crippen LogP contribution is 2.34. The number of allylic oxidation sites excluding steroid dienone is 4. The number of rotatable bonds is 4. The molecule has 0 atom stereocenters. The van der Waals surface area contributed by atoms with Gasteiger partial charge in [-0.1, -0.05) is 72.8 Å². The van der Waals surface area contributed by atoms with Crippen LogP contribution < -0.4 is 0 Å². The molecule has 0 N–H and O–H groups in total. The van der Waals surface area contributed by atoms with E-state index < -0.39 is 0 Å². The molecule has 0 bridgehead atoms. The van der Waals surface area contributed by atoms with Crippen LogP contribution in [0.5, 0.6) is 0 Å². The Balaban J connectivity index is 2.77. The average Bonchev–Trinajstić information content (AvgIpc) is 2.49. The molecule has 0 saturated carbocycles.